The quantitative estimate of drug-likeness (QED) is 0.707. The SMILES string of the molecule is CC(C)(C)OC(=O)N[C@H]([C@@H](O)C(=O)O)C(C)(F)F. The summed E-state index contributed by atoms with van der Waals surface area (Å²) in [5.41, 5.74) is -0.925. The number of rotatable bonds is 4. The van der Waals surface area contributed by atoms with Crippen LogP contribution in [0.4, 0.5) is 13.6 Å². The number of aliphatic hydroxyl groups excluding tert-OH is 1. The van der Waals surface area contributed by atoms with Crippen LogP contribution in [0, 0.1) is 0 Å². The standard InChI is InChI=1S/C10H17F2NO5/c1-9(2,3)18-8(17)13-6(10(4,11)12)5(14)7(15)16/h5-6,14H,1-4H3,(H,13,17)(H,15,16)/t5-,6-/m1/s1. The molecular weight excluding hydrogens is 252 g/mol. The van der Waals surface area contributed by atoms with E-state index in [0.717, 1.165) is 0 Å². The minimum atomic E-state index is -3.62. The lowest BCUT2D eigenvalue weighted by Crippen LogP contribution is -2.56. The number of halogens is 2. The Morgan fingerprint density at radius 1 is 1.22 bits per heavy atom. The maximum absolute atomic E-state index is 13.1. The molecule has 1 amide bonds. The number of carboxylic acids is 1. The zero-order valence-electron chi connectivity index (χ0n) is 10.5. The van der Waals surface area contributed by atoms with Gasteiger partial charge in [0.1, 0.15) is 11.6 Å². The normalized spacial score (nSPS) is 15.7. The van der Waals surface area contributed by atoms with Gasteiger partial charge in [-0.15, -0.1) is 0 Å². The predicted molar refractivity (Wildman–Crippen MR) is 57.4 cm³/mol. The fourth-order valence-electron chi connectivity index (χ4n) is 1.06. The Morgan fingerprint density at radius 2 is 1.67 bits per heavy atom. The summed E-state index contributed by atoms with van der Waals surface area (Å²) in [6.45, 7) is 4.93. The summed E-state index contributed by atoms with van der Waals surface area (Å²) in [4.78, 5) is 21.8. The minimum absolute atomic E-state index is 0.390. The van der Waals surface area contributed by atoms with Crippen molar-refractivity contribution in [2.75, 3.05) is 0 Å². The molecule has 0 bridgehead atoms. The number of carboxylic acid groups (broad SMARTS) is 1. The van der Waals surface area contributed by atoms with Crippen LogP contribution in [-0.4, -0.2) is 45.9 Å². The average Bonchev–Trinajstić information content (AvgIpc) is 2.08. The molecule has 6 nitrogen and oxygen atoms in total. The molecule has 2 atom stereocenters. The van der Waals surface area contributed by atoms with E-state index in [1.807, 2.05) is 0 Å². The van der Waals surface area contributed by atoms with Gasteiger partial charge in [-0.25, -0.2) is 18.4 Å². The summed E-state index contributed by atoms with van der Waals surface area (Å²) in [5, 5.41) is 19.3. The number of amides is 1. The summed E-state index contributed by atoms with van der Waals surface area (Å²) in [6.07, 6.45) is -3.66. The van der Waals surface area contributed by atoms with Crippen molar-refractivity contribution >= 4 is 12.1 Å². The number of nitrogens with one attached hydrogen (secondary N) is 1. The van der Waals surface area contributed by atoms with Crippen LogP contribution in [0.5, 0.6) is 0 Å². The second-order valence-corrected chi connectivity index (χ2v) is 4.86. The molecule has 0 rings (SSSR count). The van der Waals surface area contributed by atoms with E-state index in [4.69, 9.17) is 14.9 Å². The maximum atomic E-state index is 13.1. The first kappa shape index (κ1) is 16.6. The molecule has 0 unspecified atom stereocenters. The predicted octanol–water partition coefficient (Wildman–Crippen LogP) is 0.980. The number of alkyl halides is 2. The van der Waals surface area contributed by atoms with E-state index in [0.29, 0.717) is 6.92 Å². The lowest BCUT2D eigenvalue weighted by molar-refractivity contribution is -0.155. The second kappa shape index (κ2) is 5.47. The summed E-state index contributed by atoms with van der Waals surface area (Å²) < 4.78 is 30.9. The van der Waals surface area contributed by atoms with Crippen molar-refractivity contribution < 1.29 is 33.3 Å². The molecule has 0 fully saturated rings. The van der Waals surface area contributed by atoms with Gasteiger partial charge in [-0.05, 0) is 20.8 Å². The molecule has 0 aromatic rings. The Kier molecular flexibility index (Phi) is 5.03. The van der Waals surface area contributed by atoms with Crippen molar-refractivity contribution in [2.24, 2.45) is 0 Å². The van der Waals surface area contributed by atoms with Crippen molar-refractivity contribution in [3.8, 4) is 0 Å². The largest absolute Gasteiger partial charge is 0.479 e. The maximum Gasteiger partial charge on any atom is 0.408 e. The van der Waals surface area contributed by atoms with Crippen molar-refractivity contribution in [1.82, 2.24) is 5.32 Å². The molecule has 8 heteroatoms. The summed E-state index contributed by atoms with van der Waals surface area (Å²) in [5.74, 6) is -5.48. The molecule has 0 aliphatic rings. The van der Waals surface area contributed by atoms with Crippen LogP contribution < -0.4 is 5.32 Å². The van der Waals surface area contributed by atoms with E-state index in [-0.39, 0.29) is 0 Å². The van der Waals surface area contributed by atoms with Crippen LogP contribution in [0.1, 0.15) is 27.7 Å². The number of aliphatic hydroxyl groups is 1. The molecule has 3 N–H and O–H groups in total. The molecule has 0 aliphatic heterocycles. The topological polar surface area (TPSA) is 95.9 Å². The second-order valence-electron chi connectivity index (χ2n) is 4.86. The van der Waals surface area contributed by atoms with E-state index in [9.17, 15) is 18.4 Å². The fraction of sp³-hybridized carbons (Fsp3) is 0.800. The lowest BCUT2D eigenvalue weighted by atomic mass is 10.1. The van der Waals surface area contributed by atoms with Crippen LogP contribution in [0.3, 0.4) is 0 Å². The van der Waals surface area contributed by atoms with Gasteiger partial charge in [0, 0.05) is 6.92 Å². The molecule has 106 valence electrons. The van der Waals surface area contributed by atoms with Crippen LogP contribution in [0.2, 0.25) is 0 Å². The van der Waals surface area contributed by atoms with Gasteiger partial charge in [-0.2, -0.15) is 0 Å². The van der Waals surface area contributed by atoms with Crippen molar-refractivity contribution in [1.29, 1.82) is 0 Å². The van der Waals surface area contributed by atoms with Gasteiger partial charge in [0.25, 0.3) is 5.92 Å². The first-order valence-electron chi connectivity index (χ1n) is 5.13. The third-order valence-electron chi connectivity index (χ3n) is 1.79. The molecule has 0 aromatic carbocycles. The fourth-order valence-corrected chi connectivity index (χ4v) is 1.06. The Bertz CT molecular complexity index is 321. The minimum Gasteiger partial charge on any atom is -0.479 e. The highest BCUT2D eigenvalue weighted by Crippen LogP contribution is 2.21. The van der Waals surface area contributed by atoms with Crippen LogP contribution >= 0.6 is 0 Å². The number of hydrogen-bond acceptors (Lipinski definition) is 4. The molecule has 0 spiro atoms. The summed E-state index contributed by atoms with van der Waals surface area (Å²) in [6, 6.07) is -2.27. The molecule has 0 heterocycles. The summed E-state index contributed by atoms with van der Waals surface area (Å²) >= 11 is 0. The van der Waals surface area contributed by atoms with E-state index < -0.39 is 35.7 Å². The van der Waals surface area contributed by atoms with Crippen LogP contribution in [0.25, 0.3) is 0 Å². The van der Waals surface area contributed by atoms with Crippen molar-refractivity contribution in [3.05, 3.63) is 0 Å². The monoisotopic (exact) mass is 269 g/mol. The van der Waals surface area contributed by atoms with E-state index in [1.54, 1.807) is 5.32 Å². The van der Waals surface area contributed by atoms with E-state index in [2.05, 4.69) is 0 Å². The highest BCUT2D eigenvalue weighted by atomic mass is 19.3. The lowest BCUT2D eigenvalue weighted by Gasteiger charge is -2.28. The van der Waals surface area contributed by atoms with E-state index in [1.165, 1.54) is 20.8 Å². The zero-order chi connectivity index (χ0) is 14.7. The number of carbonyl (C=O) groups is 2. The van der Waals surface area contributed by atoms with E-state index >= 15 is 0 Å². The van der Waals surface area contributed by atoms with Gasteiger partial charge in [-0.1, -0.05) is 0 Å². The number of alkyl carbamates (subject to hydrolysis) is 1. The highest BCUT2D eigenvalue weighted by Gasteiger charge is 2.44. The van der Waals surface area contributed by atoms with Crippen molar-refractivity contribution in [2.45, 2.75) is 51.4 Å². The molecular formula is C10H17F2NO5. The Morgan fingerprint density at radius 3 is 1.94 bits per heavy atom. The third kappa shape index (κ3) is 5.76. The zero-order valence-corrected chi connectivity index (χ0v) is 10.5. The number of ether oxygens (including phenoxy) is 1. The molecule has 0 saturated heterocycles. The number of hydrogen-bond donors (Lipinski definition) is 3. The number of aliphatic carboxylic acids is 1. The van der Waals surface area contributed by atoms with Gasteiger partial charge in [0.05, 0.1) is 0 Å². The highest BCUT2D eigenvalue weighted by molar-refractivity contribution is 5.75. The average molecular weight is 269 g/mol. The van der Waals surface area contributed by atoms with Crippen LogP contribution in [-0.2, 0) is 9.53 Å². The van der Waals surface area contributed by atoms with Gasteiger partial charge in [-0.3, -0.25) is 0 Å². The van der Waals surface area contributed by atoms with Crippen molar-refractivity contribution in [3.63, 3.8) is 0 Å². The molecule has 18 heavy (non-hydrogen) atoms. The first-order valence-corrected chi connectivity index (χ1v) is 5.13. The van der Waals surface area contributed by atoms with Gasteiger partial charge >= 0.3 is 12.1 Å². The first-order chi connectivity index (χ1) is 7.84. The van der Waals surface area contributed by atoms with Gasteiger partial charge in [0.15, 0.2) is 6.10 Å². The molecule has 0 aliphatic carbocycles. The molecule has 0 radical (unpaired) electrons. The Labute approximate surface area is 103 Å². The van der Waals surface area contributed by atoms with Crippen LogP contribution in [0.15, 0.2) is 0 Å². The van der Waals surface area contributed by atoms with Gasteiger partial charge < -0.3 is 20.3 Å². The molecule has 0 aromatic heterocycles. The smallest absolute Gasteiger partial charge is 0.408 e. The van der Waals surface area contributed by atoms with Gasteiger partial charge in [0.2, 0.25) is 0 Å². The Balaban J connectivity index is 4.83. The third-order valence-corrected chi connectivity index (χ3v) is 1.79. The number of carbonyl (C=O) groups excluding carboxylic acids is 1. The molecule has 0 saturated carbocycles. The Hall–Kier alpha value is -1.44. The summed E-state index contributed by atoms with van der Waals surface area (Å²) in [7, 11) is 0.